The van der Waals surface area contributed by atoms with Crippen molar-refractivity contribution in [2.75, 3.05) is 13.1 Å². The zero-order valence-electron chi connectivity index (χ0n) is 16.8. The molecule has 0 unspecified atom stereocenters. The molecule has 1 aromatic rings. The first kappa shape index (κ1) is 22.6. The summed E-state index contributed by atoms with van der Waals surface area (Å²) in [6.45, 7) is 9.84. The van der Waals surface area contributed by atoms with Gasteiger partial charge in [-0.1, -0.05) is 23.2 Å². The molecule has 0 saturated carbocycles. The topological polar surface area (TPSA) is 80.8 Å². The van der Waals surface area contributed by atoms with Gasteiger partial charge in [0, 0.05) is 31.4 Å². The van der Waals surface area contributed by atoms with Gasteiger partial charge in [-0.2, -0.15) is 0 Å². The number of nitrogens with zero attached hydrogens (tertiary/aromatic N) is 2. The van der Waals surface area contributed by atoms with Gasteiger partial charge in [-0.05, 0) is 47.5 Å². The normalized spacial score (nSPS) is 15.9. The number of amides is 2. The first-order chi connectivity index (χ1) is 12.9. The van der Waals surface area contributed by atoms with Crippen LogP contribution in [0.1, 0.15) is 47.5 Å². The molecule has 2 heterocycles. The Bertz CT molecular complexity index is 726. The van der Waals surface area contributed by atoms with E-state index in [9.17, 15) is 9.59 Å². The molecule has 1 aliphatic rings. The Kier molecular flexibility index (Phi) is 7.04. The molecule has 1 fully saturated rings. The van der Waals surface area contributed by atoms with Crippen LogP contribution in [-0.2, 0) is 9.53 Å². The van der Waals surface area contributed by atoms with Gasteiger partial charge in [-0.15, -0.1) is 0 Å². The van der Waals surface area contributed by atoms with Crippen LogP contribution in [0.25, 0.3) is 0 Å². The summed E-state index contributed by atoms with van der Waals surface area (Å²) in [6, 6.07) is 1.47. The van der Waals surface area contributed by atoms with Gasteiger partial charge in [-0.3, -0.25) is 4.79 Å². The number of hydrogen-bond acceptors (Lipinski definition) is 5. The third-order valence-electron chi connectivity index (χ3n) is 4.17. The number of aromatic nitrogens is 1. The zero-order valence-corrected chi connectivity index (χ0v) is 18.4. The average molecular weight is 432 g/mol. The summed E-state index contributed by atoms with van der Waals surface area (Å²) < 4.78 is 11.1. The highest BCUT2D eigenvalue weighted by Gasteiger charge is 2.34. The number of rotatable bonds is 4. The van der Waals surface area contributed by atoms with Crippen LogP contribution in [0.5, 0.6) is 5.75 Å². The van der Waals surface area contributed by atoms with E-state index in [0.717, 1.165) is 0 Å². The lowest BCUT2D eigenvalue weighted by Gasteiger charge is -2.35. The Morgan fingerprint density at radius 2 is 1.79 bits per heavy atom. The summed E-state index contributed by atoms with van der Waals surface area (Å²) in [5, 5.41) is 3.48. The summed E-state index contributed by atoms with van der Waals surface area (Å²) in [5.41, 5.74) is -1.70. The SMILES string of the molecule is CC(C)(C)OC(=O)N1CCC(NC(=O)C(C)(C)Oc2cc(Cl)cnc2Cl)CC1. The van der Waals surface area contributed by atoms with Crippen LogP contribution in [0.2, 0.25) is 10.2 Å². The summed E-state index contributed by atoms with van der Waals surface area (Å²) in [7, 11) is 0. The first-order valence-electron chi connectivity index (χ1n) is 9.16. The predicted molar refractivity (Wildman–Crippen MR) is 108 cm³/mol. The highest BCUT2D eigenvalue weighted by molar-refractivity contribution is 6.33. The number of ether oxygens (including phenoxy) is 2. The third-order valence-corrected chi connectivity index (χ3v) is 4.66. The van der Waals surface area contributed by atoms with E-state index in [0.29, 0.717) is 31.0 Å². The first-order valence-corrected chi connectivity index (χ1v) is 9.92. The van der Waals surface area contributed by atoms with E-state index in [1.165, 1.54) is 12.3 Å². The number of nitrogens with one attached hydrogen (secondary N) is 1. The van der Waals surface area contributed by atoms with E-state index in [2.05, 4.69) is 10.3 Å². The molecular formula is C19H27Cl2N3O4. The molecule has 28 heavy (non-hydrogen) atoms. The number of carbonyl (C=O) groups excluding carboxylic acids is 2. The van der Waals surface area contributed by atoms with Crippen molar-refractivity contribution in [3.63, 3.8) is 0 Å². The van der Waals surface area contributed by atoms with Crippen molar-refractivity contribution in [3.8, 4) is 5.75 Å². The van der Waals surface area contributed by atoms with Gasteiger partial charge in [0.05, 0.1) is 5.02 Å². The number of carbonyl (C=O) groups is 2. The smallest absolute Gasteiger partial charge is 0.410 e. The number of pyridine rings is 1. The fourth-order valence-electron chi connectivity index (χ4n) is 2.69. The van der Waals surface area contributed by atoms with Gasteiger partial charge in [0.15, 0.2) is 16.5 Å². The van der Waals surface area contributed by atoms with E-state index in [1.54, 1.807) is 18.7 Å². The third kappa shape index (κ3) is 6.41. The monoisotopic (exact) mass is 431 g/mol. The standard InChI is InChI=1S/C19H27Cl2N3O4/c1-18(2,3)28-17(26)24-8-6-13(7-9-24)23-16(25)19(4,5)27-14-10-12(20)11-22-15(14)21/h10-11,13H,6-9H2,1-5H3,(H,23,25). The molecule has 0 aromatic carbocycles. The van der Waals surface area contributed by atoms with Crippen LogP contribution in [-0.4, -0.2) is 52.2 Å². The van der Waals surface area contributed by atoms with Crippen molar-refractivity contribution >= 4 is 35.2 Å². The van der Waals surface area contributed by atoms with Gasteiger partial charge in [-0.25, -0.2) is 9.78 Å². The van der Waals surface area contributed by atoms with Gasteiger partial charge in [0.1, 0.15) is 5.60 Å². The fourth-order valence-corrected chi connectivity index (χ4v) is 2.98. The lowest BCUT2D eigenvalue weighted by molar-refractivity contribution is -0.135. The Balaban J connectivity index is 1.89. The molecule has 7 nitrogen and oxygen atoms in total. The molecule has 2 rings (SSSR count). The Labute approximate surface area is 175 Å². The van der Waals surface area contributed by atoms with E-state index in [1.807, 2.05) is 20.8 Å². The summed E-state index contributed by atoms with van der Waals surface area (Å²) in [5.74, 6) is -0.0340. The summed E-state index contributed by atoms with van der Waals surface area (Å²) >= 11 is 11.9. The van der Waals surface area contributed by atoms with Crippen molar-refractivity contribution < 1.29 is 19.1 Å². The molecule has 0 bridgehead atoms. The van der Waals surface area contributed by atoms with E-state index in [-0.39, 0.29) is 28.9 Å². The zero-order chi connectivity index (χ0) is 21.1. The molecule has 0 aliphatic carbocycles. The minimum Gasteiger partial charge on any atom is -0.475 e. The highest BCUT2D eigenvalue weighted by Crippen LogP contribution is 2.29. The Morgan fingerprint density at radius 3 is 2.36 bits per heavy atom. The van der Waals surface area contributed by atoms with Crippen LogP contribution in [0.4, 0.5) is 4.79 Å². The van der Waals surface area contributed by atoms with E-state index >= 15 is 0 Å². The maximum atomic E-state index is 12.7. The average Bonchev–Trinajstić information content (AvgIpc) is 2.57. The van der Waals surface area contributed by atoms with Crippen LogP contribution in [0.15, 0.2) is 12.3 Å². The number of halogens is 2. The lowest BCUT2D eigenvalue weighted by atomic mass is 10.0. The maximum absolute atomic E-state index is 12.7. The van der Waals surface area contributed by atoms with E-state index < -0.39 is 11.2 Å². The minimum absolute atomic E-state index is 0.0537. The van der Waals surface area contributed by atoms with Crippen molar-refractivity contribution in [1.29, 1.82) is 0 Å². The largest absolute Gasteiger partial charge is 0.475 e. The van der Waals surface area contributed by atoms with Crippen LogP contribution in [0, 0.1) is 0 Å². The van der Waals surface area contributed by atoms with Crippen molar-refractivity contribution in [2.45, 2.75) is 64.7 Å². The molecule has 0 atom stereocenters. The summed E-state index contributed by atoms with van der Waals surface area (Å²) in [4.78, 5) is 30.4. The predicted octanol–water partition coefficient (Wildman–Crippen LogP) is 4.06. The number of piperidine rings is 1. The minimum atomic E-state index is -1.17. The van der Waals surface area contributed by atoms with Crippen molar-refractivity contribution in [1.82, 2.24) is 15.2 Å². The highest BCUT2D eigenvalue weighted by atomic mass is 35.5. The molecule has 9 heteroatoms. The molecule has 1 saturated heterocycles. The van der Waals surface area contributed by atoms with Crippen molar-refractivity contribution in [2.24, 2.45) is 0 Å². The second-order valence-electron chi connectivity index (χ2n) is 8.27. The summed E-state index contributed by atoms with van der Waals surface area (Å²) in [6.07, 6.45) is 2.35. The Hall–Kier alpha value is -1.73. The van der Waals surface area contributed by atoms with Gasteiger partial charge >= 0.3 is 6.09 Å². The molecule has 1 aliphatic heterocycles. The second kappa shape index (κ2) is 8.74. The van der Waals surface area contributed by atoms with Crippen LogP contribution in [0.3, 0.4) is 0 Å². The molecule has 1 aromatic heterocycles. The fraction of sp³-hybridized carbons (Fsp3) is 0.632. The Morgan fingerprint density at radius 1 is 1.18 bits per heavy atom. The molecular weight excluding hydrogens is 405 g/mol. The molecule has 0 radical (unpaired) electrons. The second-order valence-corrected chi connectivity index (χ2v) is 9.06. The molecule has 0 spiro atoms. The molecule has 1 N–H and O–H groups in total. The number of likely N-dealkylation sites (tertiary alicyclic amines) is 1. The van der Waals surface area contributed by atoms with Crippen LogP contribution < -0.4 is 10.1 Å². The molecule has 2 amide bonds. The molecule has 156 valence electrons. The number of hydrogen-bond donors (Lipinski definition) is 1. The van der Waals surface area contributed by atoms with Crippen molar-refractivity contribution in [3.05, 3.63) is 22.4 Å². The van der Waals surface area contributed by atoms with E-state index in [4.69, 9.17) is 32.7 Å². The maximum Gasteiger partial charge on any atom is 0.410 e. The van der Waals surface area contributed by atoms with Crippen LogP contribution >= 0.6 is 23.2 Å². The van der Waals surface area contributed by atoms with Gasteiger partial charge < -0.3 is 19.7 Å². The quantitative estimate of drug-likeness (QED) is 0.726. The lowest BCUT2D eigenvalue weighted by Crippen LogP contribution is -2.53. The van der Waals surface area contributed by atoms with Gasteiger partial charge in [0.2, 0.25) is 0 Å². The van der Waals surface area contributed by atoms with Gasteiger partial charge in [0.25, 0.3) is 5.91 Å².